The molecule has 1 amide bonds. The van der Waals surface area contributed by atoms with Crippen molar-refractivity contribution in [3.05, 3.63) is 47.9 Å². The van der Waals surface area contributed by atoms with Crippen LogP contribution in [0.4, 0.5) is 10.6 Å². The number of pyridine rings is 1. The highest BCUT2D eigenvalue weighted by Gasteiger charge is 2.20. The van der Waals surface area contributed by atoms with E-state index in [1.54, 1.807) is 29.1 Å². The molecular weight excluding hydrogens is 218 g/mol. The van der Waals surface area contributed by atoms with Crippen molar-refractivity contribution in [2.24, 2.45) is 0 Å². The molecule has 0 bridgehead atoms. The molecule has 5 heteroatoms. The summed E-state index contributed by atoms with van der Waals surface area (Å²) in [5, 5.41) is 10.4. The predicted molar refractivity (Wildman–Crippen MR) is 64.0 cm³/mol. The van der Waals surface area contributed by atoms with Gasteiger partial charge in [0.05, 0.1) is 0 Å². The summed E-state index contributed by atoms with van der Waals surface area (Å²) in [5.74, 6) is 0.377. The monoisotopic (exact) mass is 231 g/mol. The molecule has 0 aliphatic carbocycles. The summed E-state index contributed by atoms with van der Waals surface area (Å²) in [6, 6.07) is 8.90. The van der Waals surface area contributed by atoms with Gasteiger partial charge in [-0.1, -0.05) is 6.07 Å². The van der Waals surface area contributed by atoms with Crippen molar-refractivity contribution in [1.29, 1.82) is 0 Å². The Hall–Kier alpha value is -2.30. The smallest absolute Gasteiger partial charge is 0.432 e. The fraction of sp³-hybridized carbons (Fsp3) is 0.167. The van der Waals surface area contributed by atoms with Gasteiger partial charge in [-0.2, -0.15) is 5.01 Å². The number of hydrogen-bond acceptors (Lipinski definition) is 2. The number of hydrogen-bond donors (Lipinski definition) is 1. The molecule has 2 aromatic heterocycles. The lowest BCUT2D eigenvalue weighted by Gasteiger charge is -2.22. The normalized spacial score (nSPS) is 10.2. The number of nitrogens with zero attached hydrogens (tertiary/aromatic N) is 3. The largest absolute Gasteiger partial charge is 0.463 e. The fourth-order valence-electron chi connectivity index (χ4n) is 1.74. The summed E-state index contributed by atoms with van der Waals surface area (Å²) < 4.78 is 1.62. The number of aryl methyl sites for hydroxylation is 2. The van der Waals surface area contributed by atoms with E-state index in [1.807, 2.05) is 26.0 Å². The first-order chi connectivity index (χ1) is 8.11. The molecule has 2 aromatic rings. The molecule has 1 N–H and O–H groups in total. The quantitative estimate of drug-likeness (QED) is 0.863. The highest BCUT2D eigenvalue weighted by Crippen LogP contribution is 2.16. The van der Waals surface area contributed by atoms with Crippen LogP contribution in [0.3, 0.4) is 0 Å². The molecule has 17 heavy (non-hydrogen) atoms. The predicted octanol–water partition coefficient (Wildman–Crippen LogP) is 2.45. The Morgan fingerprint density at radius 2 is 1.88 bits per heavy atom. The molecule has 0 unspecified atom stereocenters. The Labute approximate surface area is 98.9 Å². The molecule has 0 spiro atoms. The molecule has 0 atom stereocenters. The zero-order valence-corrected chi connectivity index (χ0v) is 9.66. The van der Waals surface area contributed by atoms with E-state index >= 15 is 0 Å². The maximum absolute atomic E-state index is 11.4. The van der Waals surface area contributed by atoms with Gasteiger partial charge in [0.1, 0.15) is 0 Å². The lowest BCUT2D eigenvalue weighted by atomic mass is 10.4. The van der Waals surface area contributed by atoms with Crippen molar-refractivity contribution in [2.75, 3.05) is 5.01 Å². The highest BCUT2D eigenvalue weighted by atomic mass is 16.4. The average Bonchev–Trinajstić information content (AvgIpc) is 2.62. The van der Waals surface area contributed by atoms with E-state index in [2.05, 4.69) is 4.98 Å². The van der Waals surface area contributed by atoms with Crippen molar-refractivity contribution in [3.63, 3.8) is 0 Å². The van der Waals surface area contributed by atoms with E-state index < -0.39 is 6.09 Å². The standard InChI is InChI=1S/C12H13N3O2/c1-9-6-7-10(2)14(9)15(12(16)17)11-5-3-4-8-13-11/h3-8H,1-2H3,(H,16,17). The number of amides is 1. The summed E-state index contributed by atoms with van der Waals surface area (Å²) in [7, 11) is 0. The van der Waals surface area contributed by atoms with E-state index in [9.17, 15) is 9.90 Å². The summed E-state index contributed by atoms with van der Waals surface area (Å²) in [4.78, 5) is 15.4. The lowest BCUT2D eigenvalue weighted by Crippen LogP contribution is -2.36. The fourth-order valence-corrected chi connectivity index (χ4v) is 1.74. The molecule has 5 nitrogen and oxygen atoms in total. The van der Waals surface area contributed by atoms with Gasteiger partial charge >= 0.3 is 6.09 Å². The molecule has 2 rings (SSSR count). The van der Waals surface area contributed by atoms with Crippen LogP contribution in [0.15, 0.2) is 36.5 Å². The van der Waals surface area contributed by atoms with Gasteiger partial charge in [0.25, 0.3) is 0 Å². The maximum Gasteiger partial charge on any atom is 0.432 e. The third-order valence-corrected chi connectivity index (χ3v) is 2.48. The molecule has 0 aliphatic rings. The molecule has 0 aliphatic heterocycles. The Bertz CT molecular complexity index is 514. The van der Waals surface area contributed by atoms with Gasteiger partial charge in [-0.25, -0.2) is 9.78 Å². The van der Waals surface area contributed by atoms with Gasteiger partial charge < -0.3 is 5.11 Å². The minimum Gasteiger partial charge on any atom is -0.463 e. The van der Waals surface area contributed by atoms with Crippen LogP contribution in [0, 0.1) is 13.8 Å². The third-order valence-electron chi connectivity index (χ3n) is 2.48. The van der Waals surface area contributed by atoms with E-state index in [-0.39, 0.29) is 0 Å². The topological polar surface area (TPSA) is 58.4 Å². The van der Waals surface area contributed by atoms with Gasteiger partial charge in [0.2, 0.25) is 0 Å². The SMILES string of the molecule is Cc1ccc(C)n1N(C(=O)O)c1ccccn1. The molecule has 0 saturated heterocycles. The van der Waals surface area contributed by atoms with Crippen LogP contribution in [0.1, 0.15) is 11.4 Å². The van der Waals surface area contributed by atoms with Crippen molar-refractivity contribution < 1.29 is 9.90 Å². The first-order valence-electron chi connectivity index (χ1n) is 5.20. The third kappa shape index (κ3) is 1.99. The summed E-state index contributed by atoms with van der Waals surface area (Å²) in [6.07, 6.45) is 0.505. The molecule has 0 fully saturated rings. The maximum atomic E-state index is 11.4. The van der Waals surface area contributed by atoms with Crippen LogP contribution in [-0.2, 0) is 0 Å². The van der Waals surface area contributed by atoms with Crippen molar-refractivity contribution in [2.45, 2.75) is 13.8 Å². The van der Waals surface area contributed by atoms with E-state index in [1.165, 1.54) is 0 Å². The Balaban J connectivity index is 2.55. The van der Waals surface area contributed by atoms with Crippen LogP contribution < -0.4 is 5.01 Å². The van der Waals surface area contributed by atoms with Gasteiger partial charge in [0, 0.05) is 17.6 Å². The second-order valence-electron chi connectivity index (χ2n) is 3.71. The number of carbonyl (C=O) groups is 1. The number of rotatable bonds is 2. The Kier molecular flexibility index (Phi) is 2.82. The van der Waals surface area contributed by atoms with Gasteiger partial charge in [-0.3, -0.25) is 4.68 Å². The van der Waals surface area contributed by atoms with Crippen molar-refractivity contribution >= 4 is 11.9 Å². The molecule has 2 heterocycles. The van der Waals surface area contributed by atoms with E-state index in [0.29, 0.717) is 5.82 Å². The lowest BCUT2D eigenvalue weighted by molar-refractivity contribution is 0.198. The minimum absolute atomic E-state index is 0.377. The zero-order valence-electron chi connectivity index (χ0n) is 9.66. The van der Waals surface area contributed by atoms with Crippen molar-refractivity contribution in [3.8, 4) is 0 Å². The number of carboxylic acid groups (broad SMARTS) is 1. The molecule has 0 saturated carbocycles. The highest BCUT2D eigenvalue weighted by molar-refractivity contribution is 5.84. The second-order valence-corrected chi connectivity index (χ2v) is 3.71. The molecular formula is C12H13N3O2. The van der Waals surface area contributed by atoms with Crippen LogP contribution in [-0.4, -0.2) is 20.9 Å². The minimum atomic E-state index is -1.06. The first kappa shape index (κ1) is 11.2. The second kappa shape index (κ2) is 4.29. The summed E-state index contributed by atoms with van der Waals surface area (Å²) in [6.45, 7) is 3.71. The molecule has 0 radical (unpaired) electrons. The number of aromatic nitrogens is 2. The van der Waals surface area contributed by atoms with E-state index in [4.69, 9.17) is 0 Å². The van der Waals surface area contributed by atoms with Crippen LogP contribution in [0.2, 0.25) is 0 Å². The molecule has 88 valence electrons. The Morgan fingerprint density at radius 3 is 2.35 bits per heavy atom. The average molecular weight is 231 g/mol. The van der Waals surface area contributed by atoms with Gasteiger partial charge in [-0.15, -0.1) is 0 Å². The number of anilines is 1. The zero-order chi connectivity index (χ0) is 12.4. The molecule has 0 aromatic carbocycles. The van der Waals surface area contributed by atoms with Crippen LogP contribution in [0.25, 0.3) is 0 Å². The van der Waals surface area contributed by atoms with Crippen LogP contribution in [0.5, 0.6) is 0 Å². The Morgan fingerprint density at radius 1 is 1.24 bits per heavy atom. The first-order valence-corrected chi connectivity index (χ1v) is 5.20. The van der Waals surface area contributed by atoms with Gasteiger partial charge in [-0.05, 0) is 38.1 Å². The van der Waals surface area contributed by atoms with Crippen molar-refractivity contribution in [1.82, 2.24) is 9.66 Å². The van der Waals surface area contributed by atoms with Crippen LogP contribution >= 0.6 is 0 Å². The summed E-state index contributed by atoms with van der Waals surface area (Å²) >= 11 is 0. The summed E-state index contributed by atoms with van der Waals surface area (Å²) in [5.41, 5.74) is 1.69. The van der Waals surface area contributed by atoms with Gasteiger partial charge in [0.15, 0.2) is 5.82 Å². The van der Waals surface area contributed by atoms with E-state index in [0.717, 1.165) is 16.4 Å².